The zero-order valence-electron chi connectivity index (χ0n) is 11.8. The quantitative estimate of drug-likeness (QED) is 0.809. The molecule has 1 unspecified atom stereocenters. The smallest absolute Gasteiger partial charge is 0.161 e. The van der Waals surface area contributed by atoms with E-state index in [1.54, 1.807) is 7.11 Å². The van der Waals surface area contributed by atoms with Gasteiger partial charge in [0, 0.05) is 7.05 Å². The Kier molecular flexibility index (Phi) is 4.64. The first kappa shape index (κ1) is 13.4. The summed E-state index contributed by atoms with van der Waals surface area (Å²) in [7, 11) is 3.72. The lowest BCUT2D eigenvalue weighted by atomic mass is 9.80. The molecule has 1 aliphatic rings. The van der Waals surface area contributed by atoms with Crippen LogP contribution in [0.5, 0.6) is 5.75 Å². The molecule has 0 radical (unpaired) electrons. The van der Waals surface area contributed by atoms with Crippen molar-refractivity contribution in [2.45, 2.75) is 45.1 Å². The second-order valence-electron chi connectivity index (χ2n) is 5.26. The molecule has 1 N–H and O–H groups in total. The van der Waals surface area contributed by atoms with Crippen molar-refractivity contribution in [3.63, 3.8) is 0 Å². The summed E-state index contributed by atoms with van der Waals surface area (Å²) in [6.45, 7) is 3.25. The predicted octanol–water partition coefficient (Wildman–Crippen LogP) is 2.66. The van der Waals surface area contributed by atoms with E-state index in [0.717, 1.165) is 24.6 Å². The van der Waals surface area contributed by atoms with Gasteiger partial charge in [-0.2, -0.15) is 5.10 Å². The minimum Gasteiger partial charge on any atom is -0.493 e. The number of nitrogens with one attached hydrogen (secondary N) is 1. The lowest BCUT2D eigenvalue weighted by Crippen LogP contribution is -2.28. The summed E-state index contributed by atoms with van der Waals surface area (Å²) in [6.07, 6.45) is 8.33. The zero-order valence-corrected chi connectivity index (χ0v) is 11.8. The van der Waals surface area contributed by atoms with Crippen molar-refractivity contribution in [2.75, 3.05) is 13.7 Å². The highest BCUT2D eigenvalue weighted by atomic mass is 16.5. The molecule has 1 fully saturated rings. The van der Waals surface area contributed by atoms with Crippen LogP contribution in [0.25, 0.3) is 0 Å². The average Bonchev–Trinajstić information content (AvgIpc) is 2.69. The molecule has 1 aliphatic carbocycles. The highest BCUT2D eigenvalue weighted by Crippen LogP contribution is 2.36. The molecule has 0 spiro atoms. The second kappa shape index (κ2) is 6.23. The van der Waals surface area contributed by atoms with Crippen LogP contribution in [0.3, 0.4) is 0 Å². The summed E-state index contributed by atoms with van der Waals surface area (Å²) in [5.41, 5.74) is 1.19. The van der Waals surface area contributed by atoms with Gasteiger partial charge in [0.15, 0.2) is 5.75 Å². The first-order chi connectivity index (χ1) is 8.76. The van der Waals surface area contributed by atoms with Gasteiger partial charge >= 0.3 is 0 Å². The van der Waals surface area contributed by atoms with Crippen molar-refractivity contribution in [3.05, 3.63) is 11.9 Å². The Morgan fingerprint density at radius 2 is 2.33 bits per heavy atom. The number of rotatable bonds is 7. The fourth-order valence-electron chi connectivity index (χ4n) is 2.65. The fourth-order valence-corrected chi connectivity index (χ4v) is 2.65. The van der Waals surface area contributed by atoms with Gasteiger partial charge in [-0.1, -0.05) is 26.2 Å². The van der Waals surface area contributed by atoms with Crippen molar-refractivity contribution in [2.24, 2.45) is 13.0 Å². The summed E-state index contributed by atoms with van der Waals surface area (Å²) in [5.74, 6) is 1.78. The van der Waals surface area contributed by atoms with Crippen LogP contribution in [0.15, 0.2) is 6.20 Å². The lowest BCUT2D eigenvalue weighted by molar-refractivity contribution is 0.253. The van der Waals surface area contributed by atoms with Crippen LogP contribution in [0.2, 0.25) is 0 Å². The highest BCUT2D eigenvalue weighted by molar-refractivity contribution is 5.28. The molecule has 2 rings (SSSR count). The Balaban J connectivity index is 2.11. The molecule has 1 atom stereocenters. The van der Waals surface area contributed by atoms with Crippen molar-refractivity contribution >= 4 is 0 Å². The Morgan fingerprint density at radius 1 is 1.56 bits per heavy atom. The van der Waals surface area contributed by atoms with Gasteiger partial charge in [0.1, 0.15) is 0 Å². The SMILES string of the molecule is CCCNC(CC1CCC1)c1c(OC)cnn1C. The van der Waals surface area contributed by atoms with Gasteiger partial charge in [0.05, 0.1) is 25.0 Å². The molecular formula is C14H25N3O. The molecule has 0 amide bonds. The monoisotopic (exact) mass is 251 g/mol. The molecule has 18 heavy (non-hydrogen) atoms. The Labute approximate surface area is 110 Å². The Hall–Kier alpha value is -1.03. The number of aryl methyl sites for hydroxylation is 1. The van der Waals surface area contributed by atoms with Crippen LogP contribution >= 0.6 is 0 Å². The molecule has 0 saturated heterocycles. The van der Waals surface area contributed by atoms with E-state index in [-0.39, 0.29) is 0 Å². The number of aromatic nitrogens is 2. The minimum absolute atomic E-state index is 0.373. The van der Waals surface area contributed by atoms with Gasteiger partial charge < -0.3 is 10.1 Å². The van der Waals surface area contributed by atoms with Gasteiger partial charge in [-0.3, -0.25) is 4.68 Å². The molecule has 102 valence electrons. The summed E-state index contributed by atoms with van der Waals surface area (Å²) >= 11 is 0. The van der Waals surface area contributed by atoms with E-state index >= 15 is 0 Å². The second-order valence-corrected chi connectivity index (χ2v) is 5.26. The van der Waals surface area contributed by atoms with Gasteiger partial charge in [-0.05, 0) is 25.3 Å². The summed E-state index contributed by atoms with van der Waals surface area (Å²) < 4.78 is 7.39. The molecule has 1 aromatic heterocycles. The first-order valence-electron chi connectivity index (χ1n) is 7.05. The fraction of sp³-hybridized carbons (Fsp3) is 0.786. The molecule has 4 nitrogen and oxygen atoms in total. The Morgan fingerprint density at radius 3 is 2.89 bits per heavy atom. The van der Waals surface area contributed by atoms with Crippen molar-refractivity contribution in [3.8, 4) is 5.75 Å². The predicted molar refractivity (Wildman–Crippen MR) is 72.8 cm³/mol. The van der Waals surface area contributed by atoms with Gasteiger partial charge in [-0.25, -0.2) is 0 Å². The van der Waals surface area contributed by atoms with Crippen LogP contribution in [0.1, 0.15) is 50.8 Å². The number of hydrogen-bond donors (Lipinski definition) is 1. The van der Waals surface area contributed by atoms with Crippen LogP contribution in [-0.4, -0.2) is 23.4 Å². The van der Waals surface area contributed by atoms with Crippen LogP contribution in [0, 0.1) is 5.92 Å². The van der Waals surface area contributed by atoms with E-state index in [4.69, 9.17) is 4.74 Å². The molecule has 1 saturated carbocycles. The van der Waals surface area contributed by atoms with Gasteiger partial charge in [-0.15, -0.1) is 0 Å². The lowest BCUT2D eigenvalue weighted by Gasteiger charge is -2.30. The van der Waals surface area contributed by atoms with Crippen LogP contribution in [-0.2, 0) is 7.05 Å². The van der Waals surface area contributed by atoms with Crippen LogP contribution < -0.4 is 10.1 Å². The maximum atomic E-state index is 5.44. The molecule has 0 aliphatic heterocycles. The van der Waals surface area contributed by atoms with Gasteiger partial charge in [0.25, 0.3) is 0 Å². The van der Waals surface area contributed by atoms with E-state index < -0.39 is 0 Å². The van der Waals surface area contributed by atoms with Crippen molar-refractivity contribution in [1.82, 2.24) is 15.1 Å². The van der Waals surface area contributed by atoms with Crippen molar-refractivity contribution < 1.29 is 4.74 Å². The van der Waals surface area contributed by atoms with Gasteiger partial charge in [0.2, 0.25) is 0 Å². The van der Waals surface area contributed by atoms with Crippen molar-refractivity contribution in [1.29, 1.82) is 0 Å². The number of nitrogens with zero attached hydrogens (tertiary/aromatic N) is 2. The number of ether oxygens (including phenoxy) is 1. The third kappa shape index (κ3) is 2.86. The molecule has 1 aromatic rings. The third-order valence-corrected chi connectivity index (χ3v) is 3.93. The normalized spacial score (nSPS) is 17.5. The molecule has 1 heterocycles. The van der Waals surface area contributed by atoms with E-state index in [9.17, 15) is 0 Å². The maximum absolute atomic E-state index is 5.44. The standard InChI is InChI=1S/C14H25N3O/c1-4-8-15-12(9-11-6-5-7-11)14-13(18-3)10-16-17(14)2/h10-12,15H,4-9H2,1-3H3. The molecule has 0 bridgehead atoms. The largest absolute Gasteiger partial charge is 0.493 e. The number of hydrogen-bond acceptors (Lipinski definition) is 3. The summed E-state index contributed by atoms with van der Waals surface area (Å²) in [5, 5.41) is 7.96. The van der Waals surface area contributed by atoms with E-state index in [1.807, 2.05) is 17.9 Å². The summed E-state index contributed by atoms with van der Waals surface area (Å²) in [6, 6.07) is 0.373. The average molecular weight is 251 g/mol. The molecule has 4 heteroatoms. The first-order valence-corrected chi connectivity index (χ1v) is 7.05. The number of methoxy groups -OCH3 is 1. The maximum Gasteiger partial charge on any atom is 0.161 e. The van der Waals surface area contributed by atoms with E-state index in [0.29, 0.717) is 6.04 Å². The third-order valence-electron chi connectivity index (χ3n) is 3.93. The topological polar surface area (TPSA) is 39.1 Å². The van der Waals surface area contributed by atoms with E-state index in [1.165, 1.54) is 31.4 Å². The molecule has 0 aromatic carbocycles. The Bertz CT molecular complexity index is 371. The zero-order chi connectivity index (χ0) is 13.0. The highest BCUT2D eigenvalue weighted by Gasteiger charge is 2.26. The molecular weight excluding hydrogens is 226 g/mol. The van der Waals surface area contributed by atoms with E-state index in [2.05, 4.69) is 17.3 Å². The summed E-state index contributed by atoms with van der Waals surface area (Å²) in [4.78, 5) is 0. The van der Waals surface area contributed by atoms with Crippen LogP contribution in [0.4, 0.5) is 0 Å². The minimum atomic E-state index is 0.373.